The van der Waals surface area contributed by atoms with Gasteiger partial charge in [0, 0.05) is 18.3 Å². The summed E-state index contributed by atoms with van der Waals surface area (Å²) in [5.74, 6) is -0.274. The van der Waals surface area contributed by atoms with Gasteiger partial charge in [0.25, 0.3) is 15.9 Å². The molecule has 1 amide bonds. The summed E-state index contributed by atoms with van der Waals surface area (Å²) in [7, 11) is -3.75. The Labute approximate surface area is 231 Å². The predicted molar refractivity (Wildman–Crippen MR) is 155 cm³/mol. The standard InChI is InChI=1S/C30H26N4O3S2/c1-20-10-15-27-28(21(20)2)32-30(38-27)33(19-24-8-5-6-17-31-24)29(35)23-11-13-25(14-12-23)39(36,37)34-18-16-22-7-3-4-9-26(22)34/h3-15,17H,16,18-19H2,1-2H3. The largest absolute Gasteiger partial charge is 0.278 e. The average molecular weight is 555 g/mol. The van der Waals surface area contributed by atoms with Gasteiger partial charge in [-0.25, -0.2) is 13.4 Å². The highest BCUT2D eigenvalue weighted by atomic mass is 32.2. The number of aromatic nitrogens is 2. The predicted octanol–water partition coefficient (Wildman–Crippen LogP) is 5.91. The highest BCUT2D eigenvalue weighted by molar-refractivity contribution is 7.92. The molecule has 0 bridgehead atoms. The Morgan fingerprint density at radius 1 is 0.974 bits per heavy atom. The van der Waals surface area contributed by atoms with Crippen LogP contribution in [0.1, 0.15) is 32.7 Å². The summed E-state index contributed by atoms with van der Waals surface area (Å²) in [6, 6.07) is 23.4. The Morgan fingerprint density at radius 3 is 2.51 bits per heavy atom. The number of anilines is 2. The van der Waals surface area contributed by atoms with Crippen molar-refractivity contribution in [3.05, 3.63) is 113 Å². The summed E-state index contributed by atoms with van der Waals surface area (Å²) in [5.41, 5.74) is 5.92. The molecule has 0 atom stereocenters. The van der Waals surface area contributed by atoms with Crippen LogP contribution in [0.4, 0.5) is 10.8 Å². The van der Waals surface area contributed by atoms with Crippen LogP contribution in [0.15, 0.2) is 90.0 Å². The molecule has 0 saturated heterocycles. The van der Waals surface area contributed by atoms with Gasteiger partial charge in [0.05, 0.1) is 33.0 Å². The monoisotopic (exact) mass is 554 g/mol. The number of rotatable bonds is 6. The van der Waals surface area contributed by atoms with Gasteiger partial charge in [0.2, 0.25) is 0 Å². The molecule has 0 aliphatic carbocycles. The number of fused-ring (bicyclic) bond motifs is 2. The van der Waals surface area contributed by atoms with E-state index < -0.39 is 10.0 Å². The average Bonchev–Trinajstić information content (AvgIpc) is 3.60. The fourth-order valence-electron chi connectivity index (χ4n) is 4.82. The van der Waals surface area contributed by atoms with Crippen LogP contribution in [0.3, 0.4) is 0 Å². The zero-order chi connectivity index (χ0) is 27.1. The van der Waals surface area contributed by atoms with Crippen LogP contribution in [-0.2, 0) is 23.0 Å². The summed E-state index contributed by atoms with van der Waals surface area (Å²) < 4.78 is 29.3. The SMILES string of the molecule is Cc1ccc2sc(N(Cc3ccccn3)C(=O)c3ccc(S(=O)(=O)N4CCc5ccccc54)cc3)nc2c1C. The van der Waals surface area contributed by atoms with Crippen molar-refractivity contribution >= 4 is 48.3 Å². The third-order valence-corrected chi connectivity index (χ3v) is 10.0. The van der Waals surface area contributed by atoms with Crippen molar-refractivity contribution in [3.8, 4) is 0 Å². The number of carbonyl (C=O) groups is 1. The molecule has 39 heavy (non-hydrogen) atoms. The molecular weight excluding hydrogens is 528 g/mol. The number of amides is 1. The minimum Gasteiger partial charge on any atom is -0.278 e. The lowest BCUT2D eigenvalue weighted by Crippen LogP contribution is -2.31. The summed E-state index contributed by atoms with van der Waals surface area (Å²) in [5, 5.41) is 0.569. The maximum Gasteiger partial charge on any atom is 0.264 e. The number of sulfonamides is 1. The number of hydrogen-bond acceptors (Lipinski definition) is 6. The fraction of sp³-hybridized carbons (Fsp3) is 0.167. The van der Waals surface area contributed by atoms with Crippen LogP contribution in [0, 0.1) is 13.8 Å². The van der Waals surface area contributed by atoms with Crippen LogP contribution in [-0.4, -0.2) is 30.8 Å². The van der Waals surface area contributed by atoms with Gasteiger partial charge >= 0.3 is 0 Å². The van der Waals surface area contributed by atoms with Crippen LogP contribution in [0.25, 0.3) is 10.2 Å². The quantitative estimate of drug-likeness (QED) is 0.261. The normalized spacial score (nSPS) is 13.0. The first-order valence-electron chi connectivity index (χ1n) is 12.6. The Morgan fingerprint density at radius 2 is 1.74 bits per heavy atom. The number of nitrogens with zero attached hydrogens (tertiary/aromatic N) is 4. The maximum atomic E-state index is 13.9. The summed E-state index contributed by atoms with van der Waals surface area (Å²) in [4.78, 5) is 24.9. The molecule has 3 aromatic carbocycles. The minimum absolute atomic E-state index is 0.151. The van der Waals surface area contributed by atoms with Crippen molar-refractivity contribution in [2.45, 2.75) is 31.7 Å². The third-order valence-electron chi connectivity index (χ3n) is 7.13. The first-order chi connectivity index (χ1) is 18.8. The van der Waals surface area contributed by atoms with Crippen LogP contribution in [0.2, 0.25) is 0 Å². The number of benzene rings is 3. The molecule has 9 heteroatoms. The Kier molecular flexibility index (Phi) is 6.40. The van der Waals surface area contributed by atoms with Crippen molar-refractivity contribution in [1.29, 1.82) is 0 Å². The second-order valence-corrected chi connectivity index (χ2v) is 12.4. The number of pyridine rings is 1. The molecular formula is C30H26N4O3S2. The van der Waals surface area contributed by atoms with E-state index in [9.17, 15) is 13.2 Å². The van der Waals surface area contributed by atoms with E-state index >= 15 is 0 Å². The summed E-state index contributed by atoms with van der Waals surface area (Å²) >= 11 is 1.45. The molecule has 5 aromatic rings. The minimum atomic E-state index is -3.75. The molecule has 196 valence electrons. The zero-order valence-corrected chi connectivity index (χ0v) is 23.2. The number of para-hydroxylation sites is 1. The summed E-state index contributed by atoms with van der Waals surface area (Å²) in [6.45, 7) is 4.71. The number of hydrogen-bond donors (Lipinski definition) is 0. The van der Waals surface area contributed by atoms with E-state index in [0.717, 1.165) is 32.6 Å². The van der Waals surface area contributed by atoms with Gasteiger partial charge in [-0.3, -0.25) is 19.0 Å². The topological polar surface area (TPSA) is 83.5 Å². The van der Waals surface area contributed by atoms with Crippen molar-refractivity contribution in [2.24, 2.45) is 0 Å². The molecule has 0 N–H and O–H groups in total. The number of aryl methyl sites for hydroxylation is 2. The van der Waals surface area contributed by atoms with Crippen molar-refractivity contribution in [2.75, 3.05) is 15.7 Å². The smallest absolute Gasteiger partial charge is 0.264 e. The number of thiazole rings is 1. The summed E-state index contributed by atoms with van der Waals surface area (Å²) in [6.07, 6.45) is 2.37. The first-order valence-corrected chi connectivity index (χ1v) is 14.9. The lowest BCUT2D eigenvalue weighted by Gasteiger charge is -2.21. The first kappa shape index (κ1) is 25.2. The molecule has 0 saturated carbocycles. The van der Waals surface area contributed by atoms with Crippen molar-refractivity contribution < 1.29 is 13.2 Å². The van der Waals surface area contributed by atoms with E-state index in [1.807, 2.05) is 62.4 Å². The maximum absolute atomic E-state index is 13.9. The molecule has 0 spiro atoms. The van der Waals surface area contributed by atoms with Crippen molar-refractivity contribution in [1.82, 2.24) is 9.97 Å². The molecule has 7 nitrogen and oxygen atoms in total. The fourth-order valence-corrected chi connectivity index (χ4v) is 7.35. The second-order valence-electron chi connectivity index (χ2n) is 9.54. The molecule has 3 heterocycles. The molecule has 1 aliphatic rings. The molecule has 2 aromatic heterocycles. The van der Waals surface area contributed by atoms with Crippen molar-refractivity contribution in [3.63, 3.8) is 0 Å². The van der Waals surface area contributed by atoms with Crippen LogP contribution >= 0.6 is 11.3 Å². The van der Waals surface area contributed by atoms with E-state index in [4.69, 9.17) is 4.98 Å². The van der Waals surface area contributed by atoms with Gasteiger partial charge in [-0.2, -0.15) is 0 Å². The zero-order valence-electron chi connectivity index (χ0n) is 21.5. The Balaban J connectivity index is 1.34. The van der Waals surface area contributed by atoms with E-state index in [1.54, 1.807) is 23.2 Å². The lowest BCUT2D eigenvalue weighted by molar-refractivity contribution is 0.0984. The molecule has 1 aliphatic heterocycles. The van der Waals surface area contributed by atoms with Gasteiger partial charge in [-0.1, -0.05) is 41.7 Å². The molecule has 0 fully saturated rings. The van der Waals surface area contributed by atoms with Gasteiger partial charge in [-0.05, 0) is 85.5 Å². The number of carbonyl (C=O) groups excluding carboxylic acids is 1. The van der Waals surface area contributed by atoms with Gasteiger partial charge in [0.1, 0.15) is 0 Å². The van der Waals surface area contributed by atoms with E-state index in [0.29, 0.717) is 29.3 Å². The van der Waals surface area contributed by atoms with Crippen LogP contribution < -0.4 is 9.21 Å². The highest BCUT2D eigenvalue weighted by Gasteiger charge is 2.31. The van der Waals surface area contributed by atoms with Gasteiger partial charge < -0.3 is 0 Å². The van der Waals surface area contributed by atoms with E-state index in [2.05, 4.69) is 11.1 Å². The van der Waals surface area contributed by atoms with E-state index in [1.165, 1.54) is 27.8 Å². The third kappa shape index (κ3) is 4.57. The Bertz CT molecular complexity index is 1800. The van der Waals surface area contributed by atoms with E-state index in [-0.39, 0.29) is 17.3 Å². The molecule has 0 radical (unpaired) electrons. The van der Waals surface area contributed by atoms with Crippen LogP contribution in [0.5, 0.6) is 0 Å². The lowest BCUT2D eigenvalue weighted by atomic mass is 10.1. The van der Waals surface area contributed by atoms with Gasteiger partial charge in [-0.15, -0.1) is 0 Å². The molecule has 0 unspecified atom stereocenters. The Hall–Kier alpha value is -4.08. The highest BCUT2D eigenvalue weighted by Crippen LogP contribution is 2.35. The second kappa shape index (κ2) is 9.91. The molecule has 6 rings (SSSR count). The van der Waals surface area contributed by atoms with Gasteiger partial charge in [0.15, 0.2) is 5.13 Å².